The zero-order valence-electron chi connectivity index (χ0n) is 18.4. The summed E-state index contributed by atoms with van der Waals surface area (Å²) < 4.78 is 0. The van der Waals surface area contributed by atoms with Crippen LogP contribution in [-0.4, -0.2) is 68.7 Å². The molecule has 0 spiro atoms. The minimum absolute atomic E-state index is 0.0721. The Balaban J connectivity index is 1.36. The molecule has 0 unspecified atom stereocenters. The quantitative estimate of drug-likeness (QED) is 0.745. The van der Waals surface area contributed by atoms with E-state index < -0.39 is 11.0 Å². The molecule has 32 heavy (non-hydrogen) atoms. The fourth-order valence-corrected chi connectivity index (χ4v) is 7.30. The van der Waals surface area contributed by atoms with Gasteiger partial charge in [0.05, 0.1) is 12.0 Å². The number of aliphatic hydroxyl groups is 1. The van der Waals surface area contributed by atoms with Gasteiger partial charge in [-0.05, 0) is 74.2 Å². The van der Waals surface area contributed by atoms with Crippen LogP contribution in [0.15, 0.2) is 29.8 Å². The summed E-state index contributed by atoms with van der Waals surface area (Å²) in [6, 6.07) is 5.79. The van der Waals surface area contributed by atoms with Gasteiger partial charge in [0.1, 0.15) is 10.8 Å². The van der Waals surface area contributed by atoms with Crippen molar-refractivity contribution in [3.8, 4) is 5.75 Å². The van der Waals surface area contributed by atoms with Crippen molar-refractivity contribution in [2.45, 2.75) is 62.0 Å². The van der Waals surface area contributed by atoms with Gasteiger partial charge >= 0.3 is 0 Å². The summed E-state index contributed by atoms with van der Waals surface area (Å²) in [5.41, 5.74) is 1.05. The predicted octanol–water partition coefficient (Wildman–Crippen LogP) is 2.72. The SMILES string of the molecule is O=C(Cc1nccs1)N1CC[C@]23CCN(CC4CC4)[C@H](Cc4ccc(O)cc42)[C@]3(O)CC1. The maximum atomic E-state index is 13.1. The van der Waals surface area contributed by atoms with Crippen molar-refractivity contribution in [1.82, 2.24) is 14.8 Å². The van der Waals surface area contributed by atoms with Crippen molar-refractivity contribution in [3.63, 3.8) is 0 Å². The molecule has 170 valence electrons. The first kappa shape index (κ1) is 20.6. The van der Waals surface area contributed by atoms with Gasteiger partial charge in [-0.15, -0.1) is 11.3 Å². The molecule has 6 nitrogen and oxygen atoms in total. The number of thiazole rings is 1. The van der Waals surface area contributed by atoms with Crippen LogP contribution in [0.3, 0.4) is 0 Å². The molecule has 2 bridgehead atoms. The van der Waals surface area contributed by atoms with E-state index in [-0.39, 0.29) is 17.7 Å². The highest BCUT2D eigenvalue weighted by atomic mass is 32.1. The average Bonchev–Trinajstić information content (AvgIpc) is 3.48. The topological polar surface area (TPSA) is 76.9 Å². The first-order valence-corrected chi connectivity index (χ1v) is 12.8. The fraction of sp³-hybridized carbons (Fsp3) is 0.600. The number of amides is 1. The Morgan fingerprint density at radius 2 is 2.00 bits per heavy atom. The van der Waals surface area contributed by atoms with E-state index in [1.807, 2.05) is 16.3 Å². The van der Waals surface area contributed by atoms with Crippen LogP contribution in [0.2, 0.25) is 0 Å². The Kier molecular flexibility index (Phi) is 4.86. The number of hydrogen-bond donors (Lipinski definition) is 2. The molecule has 3 fully saturated rings. The van der Waals surface area contributed by atoms with Crippen LogP contribution >= 0.6 is 11.3 Å². The van der Waals surface area contributed by atoms with E-state index in [9.17, 15) is 15.0 Å². The number of aromatic hydroxyl groups is 1. The molecule has 2 aromatic rings. The van der Waals surface area contributed by atoms with E-state index >= 15 is 0 Å². The molecule has 2 N–H and O–H groups in total. The van der Waals surface area contributed by atoms with E-state index in [1.54, 1.807) is 12.3 Å². The molecule has 1 aromatic carbocycles. The summed E-state index contributed by atoms with van der Waals surface area (Å²) in [5, 5.41) is 25.5. The highest BCUT2D eigenvalue weighted by Gasteiger charge is 2.63. The minimum Gasteiger partial charge on any atom is -0.508 e. The number of piperidine rings is 1. The minimum atomic E-state index is -0.892. The van der Waals surface area contributed by atoms with Crippen molar-refractivity contribution in [3.05, 3.63) is 45.9 Å². The summed E-state index contributed by atoms with van der Waals surface area (Å²) in [7, 11) is 0. The largest absolute Gasteiger partial charge is 0.508 e. The van der Waals surface area contributed by atoms with Crippen molar-refractivity contribution in [1.29, 1.82) is 0 Å². The molecule has 3 heterocycles. The van der Waals surface area contributed by atoms with Gasteiger partial charge in [-0.2, -0.15) is 0 Å². The molecular weight excluding hydrogens is 422 g/mol. The Labute approximate surface area is 192 Å². The number of phenolic OH excluding ortho intramolecular Hbond substituents is 1. The standard InChI is InChI=1S/C25H31N3O3S/c29-19-4-3-18-13-21-25(31)7-11-27(23(30)15-22-26-8-12-32-22)9-5-24(25,20(18)14-19)6-10-28(21)16-17-1-2-17/h3-4,8,12,14,17,21,29,31H,1-2,5-7,9-11,13,15-16H2/t21-,24+,25-/m1/s1. The predicted molar refractivity (Wildman–Crippen MR) is 123 cm³/mol. The van der Waals surface area contributed by atoms with Gasteiger partial charge in [0.2, 0.25) is 5.91 Å². The number of carbonyl (C=O) groups excluding carboxylic acids is 1. The highest BCUT2D eigenvalue weighted by molar-refractivity contribution is 7.09. The molecule has 1 saturated carbocycles. The number of carbonyl (C=O) groups is 1. The molecule has 4 aliphatic rings. The Morgan fingerprint density at radius 3 is 2.78 bits per heavy atom. The molecule has 2 saturated heterocycles. The molecule has 0 radical (unpaired) electrons. The molecule has 3 atom stereocenters. The second-order valence-corrected chi connectivity index (χ2v) is 11.2. The number of rotatable bonds is 4. The summed E-state index contributed by atoms with van der Waals surface area (Å²) in [6.07, 6.45) is 7.68. The summed E-state index contributed by atoms with van der Waals surface area (Å²) >= 11 is 1.52. The Bertz CT molecular complexity index is 1020. The maximum Gasteiger partial charge on any atom is 0.229 e. The third-order valence-corrected chi connectivity index (χ3v) is 9.35. The van der Waals surface area contributed by atoms with E-state index in [4.69, 9.17) is 0 Å². The normalized spacial score (nSPS) is 32.2. The third-order valence-electron chi connectivity index (χ3n) is 8.57. The van der Waals surface area contributed by atoms with Crippen molar-refractivity contribution in [2.24, 2.45) is 5.92 Å². The van der Waals surface area contributed by atoms with Crippen molar-refractivity contribution >= 4 is 17.2 Å². The number of aromatic nitrogens is 1. The third kappa shape index (κ3) is 3.20. The molecule has 7 heteroatoms. The summed E-state index contributed by atoms with van der Waals surface area (Å²) in [4.78, 5) is 21.9. The van der Waals surface area contributed by atoms with Crippen LogP contribution in [0, 0.1) is 5.92 Å². The maximum absolute atomic E-state index is 13.1. The van der Waals surface area contributed by atoms with Crippen molar-refractivity contribution in [2.75, 3.05) is 26.2 Å². The monoisotopic (exact) mass is 453 g/mol. The smallest absolute Gasteiger partial charge is 0.229 e. The van der Waals surface area contributed by atoms with Gasteiger partial charge in [-0.1, -0.05) is 6.07 Å². The van der Waals surface area contributed by atoms with E-state index in [0.717, 1.165) is 48.8 Å². The molecule has 1 aromatic heterocycles. The Morgan fingerprint density at radius 1 is 1.19 bits per heavy atom. The first-order valence-electron chi connectivity index (χ1n) is 11.9. The van der Waals surface area contributed by atoms with Gasteiger partial charge in [0.25, 0.3) is 0 Å². The lowest BCUT2D eigenvalue weighted by Gasteiger charge is -2.61. The lowest BCUT2D eigenvalue weighted by molar-refractivity contribution is -0.149. The van der Waals surface area contributed by atoms with Crippen LogP contribution in [0.4, 0.5) is 0 Å². The van der Waals surface area contributed by atoms with Gasteiger partial charge < -0.3 is 15.1 Å². The zero-order valence-corrected chi connectivity index (χ0v) is 19.2. The average molecular weight is 454 g/mol. The van der Waals surface area contributed by atoms with Crippen molar-refractivity contribution < 1.29 is 15.0 Å². The van der Waals surface area contributed by atoms with Crippen LogP contribution in [-0.2, 0) is 23.1 Å². The van der Waals surface area contributed by atoms with Crippen LogP contribution in [0.5, 0.6) is 5.75 Å². The number of hydrogen-bond acceptors (Lipinski definition) is 6. The number of benzene rings is 1. The van der Waals surface area contributed by atoms with Gasteiger partial charge in [-0.25, -0.2) is 4.98 Å². The number of likely N-dealkylation sites (tertiary alicyclic amines) is 2. The summed E-state index contributed by atoms with van der Waals surface area (Å²) in [5.74, 6) is 1.13. The molecule has 2 aliphatic carbocycles. The number of nitrogens with zero attached hydrogens (tertiary/aromatic N) is 3. The van der Waals surface area contributed by atoms with Gasteiger partial charge in [0.15, 0.2) is 0 Å². The van der Waals surface area contributed by atoms with Gasteiger partial charge in [-0.3, -0.25) is 9.69 Å². The Hall–Kier alpha value is -1.96. The van der Waals surface area contributed by atoms with Gasteiger partial charge in [0, 0.05) is 42.7 Å². The number of fused-ring (bicyclic) bond motifs is 1. The van der Waals surface area contributed by atoms with E-state index in [1.165, 1.54) is 29.7 Å². The molecular formula is C25H31N3O3S. The molecule has 1 amide bonds. The lowest BCUT2D eigenvalue weighted by atomic mass is 9.52. The first-order chi connectivity index (χ1) is 15.5. The van der Waals surface area contributed by atoms with Crippen LogP contribution in [0.1, 0.15) is 48.2 Å². The fourth-order valence-electron chi connectivity index (χ4n) is 6.70. The van der Waals surface area contributed by atoms with E-state index in [0.29, 0.717) is 25.9 Å². The van der Waals surface area contributed by atoms with E-state index in [2.05, 4.69) is 16.0 Å². The molecule has 6 rings (SSSR count). The second-order valence-electron chi connectivity index (χ2n) is 10.2. The van der Waals surface area contributed by atoms with Crippen LogP contribution < -0.4 is 0 Å². The highest BCUT2D eigenvalue weighted by Crippen LogP contribution is 2.56. The van der Waals surface area contributed by atoms with Crippen LogP contribution in [0.25, 0.3) is 0 Å². The number of phenols is 1. The lowest BCUT2D eigenvalue weighted by Crippen LogP contribution is -2.71. The second kappa shape index (κ2) is 7.54. The zero-order chi connectivity index (χ0) is 21.9. The summed E-state index contributed by atoms with van der Waals surface area (Å²) in [6.45, 7) is 3.26. The molecule has 2 aliphatic heterocycles.